The van der Waals surface area contributed by atoms with Crippen molar-refractivity contribution in [3.05, 3.63) is 57.3 Å². The lowest BCUT2D eigenvalue weighted by Crippen LogP contribution is -2.21. The minimum absolute atomic E-state index is 0.0951. The van der Waals surface area contributed by atoms with Crippen LogP contribution in [0.2, 0.25) is 0 Å². The number of hydrogen-bond donors (Lipinski definition) is 1. The van der Waals surface area contributed by atoms with E-state index in [1.807, 2.05) is 6.07 Å². The molecule has 0 spiro atoms. The number of thiophene rings is 1. The van der Waals surface area contributed by atoms with Gasteiger partial charge in [-0.3, -0.25) is 4.79 Å². The molecule has 1 aliphatic rings. The maximum absolute atomic E-state index is 13.1. The Hall–Kier alpha value is -1.79. The zero-order valence-electron chi connectivity index (χ0n) is 11.8. The minimum atomic E-state index is -0.913. The van der Waals surface area contributed by atoms with Gasteiger partial charge in [-0.25, -0.2) is 8.78 Å². The molecule has 0 saturated carbocycles. The highest BCUT2D eigenvalue weighted by atomic mass is 32.1. The fourth-order valence-electron chi connectivity index (χ4n) is 2.37. The van der Waals surface area contributed by atoms with Crippen LogP contribution in [0, 0.1) is 11.6 Å². The number of amides is 1. The molecule has 1 amide bonds. The van der Waals surface area contributed by atoms with Crippen molar-refractivity contribution < 1.29 is 18.3 Å². The third-order valence-electron chi connectivity index (χ3n) is 3.53. The van der Waals surface area contributed by atoms with Crippen LogP contribution in [0.15, 0.2) is 30.3 Å². The van der Waals surface area contributed by atoms with Gasteiger partial charge in [0.15, 0.2) is 11.6 Å². The molecule has 3 nitrogen and oxygen atoms in total. The van der Waals surface area contributed by atoms with E-state index in [2.05, 4.69) is 5.32 Å². The van der Waals surface area contributed by atoms with E-state index in [4.69, 9.17) is 4.74 Å². The lowest BCUT2D eigenvalue weighted by atomic mass is 10.2. The lowest BCUT2D eigenvalue weighted by Gasteiger charge is -2.06. The Morgan fingerprint density at radius 1 is 1.27 bits per heavy atom. The third kappa shape index (κ3) is 3.34. The van der Waals surface area contributed by atoms with Crippen LogP contribution in [0.1, 0.15) is 39.1 Å². The zero-order valence-corrected chi connectivity index (χ0v) is 12.6. The molecule has 0 aliphatic carbocycles. The Kier molecular flexibility index (Phi) is 4.49. The summed E-state index contributed by atoms with van der Waals surface area (Å²) < 4.78 is 31.5. The second-order valence-electron chi connectivity index (χ2n) is 5.13. The van der Waals surface area contributed by atoms with Gasteiger partial charge in [-0.15, -0.1) is 11.3 Å². The summed E-state index contributed by atoms with van der Waals surface area (Å²) in [7, 11) is 0. The van der Waals surface area contributed by atoms with Gasteiger partial charge < -0.3 is 10.1 Å². The molecule has 0 unspecified atom stereocenters. The van der Waals surface area contributed by atoms with Crippen LogP contribution in [0.4, 0.5) is 8.78 Å². The van der Waals surface area contributed by atoms with Crippen LogP contribution in [0.5, 0.6) is 0 Å². The fourth-order valence-corrected chi connectivity index (χ4v) is 3.38. The van der Waals surface area contributed by atoms with Crippen LogP contribution in [0.3, 0.4) is 0 Å². The SMILES string of the molecule is O=C(NCc1ccc(F)c(F)c1)c1ccc([C@H]2CCCO2)s1. The van der Waals surface area contributed by atoms with Crippen LogP contribution >= 0.6 is 11.3 Å². The number of carbonyl (C=O) groups excluding carboxylic acids is 1. The molecular weight excluding hydrogens is 308 g/mol. The van der Waals surface area contributed by atoms with Crippen LogP contribution in [-0.4, -0.2) is 12.5 Å². The molecule has 0 radical (unpaired) electrons. The fraction of sp³-hybridized carbons (Fsp3) is 0.312. The molecule has 1 aromatic heterocycles. The molecule has 2 heterocycles. The zero-order chi connectivity index (χ0) is 15.5. The molecule has 1 atom stereocenters. The van der Waals surface area contributed by atoms with Crippen LogP contribution < -0.4 is 5.32 Å². The molecule has 0 bridgehead atoms. The molecule has 1 aliphatic heterocycles. The monoisotopic (exact) mass is 323 g/mol. The van der Waals surface area contributed by atoms with Crippen molar-refractivity contribution in [3.63, 3.8) is 0 Å². The number of carbonyl (C=O) groups is 1. The number of hydrogen-bond acceptors (Lipinski definition) is 3. The van der Waals surface area contributed by atoms with Gasteiger partial charge in [0.2, 0.25) is 0 Å². The molecule has 1 N–H and O–H groups in total. The molecule has 22 heavy (non-hydrogen) atoms. The van der Waals surface area contributed by atoms with E-state index in [-0.39, 0.29) is 18.6 Å². The highest BCUT2D eigenvalue weighted by Crippen LogP contribution is 2.33. The normalized spacial score (nSPS) is 17.6. The Morgan fingerprint density at radius 3 is 2.86 bits per heavy atom. The predicted molar refractivity (Wildman–Crippen MR) is 79.8 cm³/mol. The minimum Gasteiger partial charge on any atom is -0.373 e. The van der Waals surface area contributed by atoms with Gasteiger partial charge in [0.1, 0.15) is 0 Å². The van der Waals surface area contributed by atoms with Crippen LogP contribution in [-0.2, 0) is 11.3 Å². The largest absolute Gasteiger partial charge is 0.373 e. The van der Waals surface area contributed by atoms with E-state index in [1.54, 1.807) is 6.07 Å². The summed E-state index contributed by atoms with van der Waals surface area (Å²) in [5.41, 5.74) is 0.517. The third-order valence-corrected chi connectivity index (χ3v) is 4.71. The summed E-state index contributed by atoms with van der Waals surface area (Å²) in [6.45, 7) is 0.920. The topological polar surface area (TPSA) is 38.3 Å². The Balaban J connectivity index is 1.60. The molecule has 6 heteroatoms. The Morgan fingerprint density at radius 2 is 2.14 bits per heavy atom. The quantitative estimate of drug-likeness (QED) is 0.929. The first-order valence-corrected chi connectivity index (χ1v) is 7.88. The van der Waals surface area contributed by atoms with Gasteiger partial charge in [0.05, 0.1) is 11.0 Å². The number of halogens is 2. The highest BCUT2D eigenvalue weighted by Gasteiger charge is 2.20. The van der Waals surface area contributed by atoms with Gasteiger partial charge in [-0.1, -0.05) is 6.07 Å². The van der Waals surface area contributed by atoms with Gasteiger partial charge in [-0.05, 0) is 42.7 Å². The first-order chi connectivity index (χ1) is 10.6. The molecule has 3 rings (SSSR count). The molecule has 1 fully saturated rings. The van der Waals surface area contributed by atoms with Crippen molar-refractivity contribution in [2.75, 3.05) is 6.61 Å². The summed E-state index contributed by atoms with van der Waals surface area (Å²) in [6.07, 6.45) is 2.12. The first-order valence-electron chi connectivity index (χ1n) is 7.07. The maximum atomic E-state index is 13.1. The summed E-state index contributed by atoms with van der Waals surface area (Å²) in [6, 6.07) is 7.26. The number of rotatable bonds is 4. The average molecular weight is 323 g/mol. The maximum Gasteiger partial charge on any atom is 0.261 e. The number of ether oxygens (including phenoxy) is 1. The molecule has 116 valence electrons. The molecule has 1 saturated heterocycles. The van der Waals surface area contributed by atoms with Gasteiger partial charge in [-0.2, -0.15) is 0 Å². The smallest absolute Gasteiger partial charge is 0.261 e. The van der Waals surface area contributed by atoms with E-state index >= 15 is 0 Å². The lowest BCUT2D eigenvalue weighted by molar-refractivity contribution is 0.0955. The van der Waals surface area contributed by atoms with E-state index in [9.17, 15) is 13.6 Å². The Labute approximate surface area is 130 Å². The molecule has 1 aromatic carbocycles. The highest BCUT2D eigenvalue weighted by molar-refractivity contribution is 7.14. The second kappa shape index (κ2) is 6.54. The Bertz CT molecular complexity index is 681. The van der Waals surface area contributed by atoms with Gasteiger partial charge in [0, 0.05) is 18.0 Å². The summed E-state index contributed by atoms with van der Waals surface area (Å²) >= 11 is 1.41. The average Bonchev–Trinajstić information content (AvgIpc) is 3.18. The van der Waals surface area contributed by atoms with Crippen molar-refractivity contribution in [2.24, 2.45) is 0 Å². The summed E-state index contributed by atoms with van der Waals surface area (Å²) in [4.78, 5) is 13.7. The predicted octanol–water partition coefficient (Wildman–Crippen LogP) is 3.81. The number of nitrogens with one attached hydrogen (secondary N) is 1. The van der Waals surface area contributed by atoms with Crippen LogP contribution in [0.25, 0.3) is 0 Å². The van der Waals surface area contributed by atoms with E-state index in [1.165, 1.54) is 17.4 Å². The first kappa shape index (κ1) is 15.1. The second-order valence-corrected chi connectivity index (χ2v) is 6.25. The van der Waals surface area contributed by atoms with Gasteiger partial charge in [0.25, 0.3) is 5.91 Å². The standard InChI is InChI=1S/C16H15F2NO2S/c17-11-4-3-10(8-12(11)18)9-19-16(20)15-6-5-14(22-15)13-2-1-7-21-13/h3-6,8,13H,1-2,7,9H2,(H,19,20)/t13-/m1/s1. The van der Waals surface area contributed by atoms with Crippen molar-refractivity contribution >= 4 is 17.2 Å². The van der Waals surface area contributed by atoms with E-state index in [0.29, 0.717) is 10.4 Å². The number of benzene rings is 1. The van der Waals surface area contributed by atoms with Crippen molar-refractivity contribution in [1.82, 2.24) is 5.32 Å². The molecule has 2 aromatic rings. The van der Waals surface area contributed by atoms with Crippen molar-refractivity contribution in [3.8, 4) is 0 Å². The van der Waals surface area contributed by atoms with Crippen molar-refractivity contribution in [1.29, 1.82) is 0 Å². The van der Waals surface area contributed by atoms with Crippen molar-refractivity contribution in [2.45, 2.75) is 25.5 Å². The summed E-state index contributed by atoms with van der Waals surface area (Å²) in [5.74, 6) is -2.03. The summed E-state index contributed by atoms with van der Waals surface area (Å²) in [5, 5.41) is 2.71. The van der Waals surface area contributed by atoms with Gasteiger partial charge >= 0.3 is 0 Å². The molecular formula is C16H15F2NO2S. The van der Waals surface area contributed by atoms with E-state index < -0.39 is 11.6 Å². The van der Waals surface area contributed by atoms with E-state index in [0.717, 1.165) is 36.5 Å².